The van der Waals surface area contributed by atoms with Crippen LogP contribution in [0.25, 0.3) is 0 Å². The van der Waals surface area contributed by atoms with Gasteiger partial charge >= 0.3 is 0 Å². The third kappa shape index (κ3) is 3.72. The number of likely N-dealkylation sites (tertiary alicyclic amines) is 1. The molecule has 2 rings (SSSR count). The molecule has 1 unspecified atom stereocenters. The Bertz CT molecular complexity index is 413. The van der Waals surface area contributed by atoms with E-state index in [0.717, 1.165) is 43.2 Å². The lowest BCUT2D eigenvalue weighted by Gasteiger charge is -2.20. The monoisotopic (exact) mass is 261 g/mol. The first kappa shape index (κ1) is 13.9. The first-order valence-corrected chi connectivity index (χ1v) is 7.23. The highest BCUT2D eigenvalue weighted by Crippen LogP contribution is 2.19. The maximum atomic E-state index is 12.4. The quantitative estimate of drug-likeness (QED) is 0.835. The molecule has 1 heterocycles. The number of carbonyl (C=O) groups is 1. The number of hydrogen-bond acceptors (Lipinski definition) is 2. The Labute approximate surface area is 115 Å². The van der Waals surface area contributed by atoms with Gasteiger partial charge in [0.25, 0.3) is 5.91 Å². The fourth-order valence-corrected chi connectivity index (χ4v) is 2.51. The molecule has 104 valence electrons. The van der Waals surface area contributed by atoms with Gasteiger partial charge in [-0.1, -0.05) is 6.92 Å². The van der Waals surface area contributed by atoms with Crippen LogP contribution in [0.4, 0.5) is 0 Å². The third-order valence-electron chi connectivity index (χ3n) is 3.72. The van der Waals surface area contributed by atoms with Crippen molar-refractivity contribution in [2.45, 2.75) is 33.1 Å². The second-order valence-electron chi connectivity index (χ2n) is 5.29. The van der Waals surface area contributed by atoms with E-state index in [-0.39, 0.29) is 5.91 Å². The van der Waals surface area contributed by atoms with Gasteiger partial charge in [0.15, 0.2) is 0 Å². The smallest absolute Gasteiger partial charge is 0.253 e. The van der Waals surface area contributed by atoms with Crippen LogP contribution in [0, 0.1) is 5.92 Å². The van der Waals surface area contributed by atoms with Gasteiger partial charge in [-0.2, -0.15) is 0 Å². The Hall–Kier alpha value is -1.51. The van der Waals surface area contributed by atoms with E-state index in [0.29, 0.717) is 6.61 Å². The van der Waals surface area contributed by atoms with Crippen molar-refractivity contribution in [3.8, 4) is 5.75 Å². The zero-order valence-electron chi connectivity index (χ0n) is 11.9. The van der Waals surface area contributed by atoms with Crippen LogP contribution >= 0.6 is 0 Å². The van der Waals surface area contributed by atoms with Gasteiger partial charge in [0.2, 0.25) is 0 Å². The molecule has 1 fully saturated rings. The topological polar surface area (TPSA) is 29.5 Å². The van der Waals surface area contributed by atoms with E-state index in [1.807, 2.05) is 36.1 Å². The van der Waals surface area contributed by atoms with Crippen LogP contribution in [-0.4, -0.2) is 30.5 Å². The SMILES string of the molecule is CCOc1ccc(C(=O)N2CCCC(C)CC2)cc1. The molecule has 0 aliphatic carbocycles. The molecule has 1 aliphatic heterocycles. The third-order valence-corrected chi connectivity index (χ3v) is 3.72. The van der Waals surface area contributed by atoms with Crippen LogP contribution in [0.15, 0.2) is 24.3 Å². The fourth-order valence-electron chi connectivity index (χ4n) is 2.51. The molecule has 1 amide bonds. The molecule has 1 aliphatic rings. The number of nitrogens with zero attached hydrogens (tertiary/aromatic N) is 1. The summed E-state index contributed by atoms with van der Waals surface area (Å²) in [7, 11) is 0. The van der Waals surface area contributed by atoms with E-state index < -0.39 is 0 Å². The Morgan fingerprint density at radius 2 is 2.00 bits per heavy atom. The zero-order chi connectivity index (χ0) is 13.7. The maximum Gasteiger partial charge on any atom is 0.253 e. The number of amides is 1. The van der Waals surface area contributed by atoms with Crippen molar-refractivity contribution in [1.82, 2.24) is 4.90 Å². The zero-order valence-corrected chi connectivity index (χ0v) is 11.9. The molecule has 1 aromatic rings. The van der Waals surface area contributed by atoms with E-state index in [9.17, 15) is 4.79 Å². The van der Waals surface area contributed by atoms with Crippen LogP contribution in [0.3, 0.4) is 0 Å². The molecule has 3 nitrogen and oxygen atoms in total. The molecule has 0 N–H and O–H groups in total. The summed E-state index contributed by atoms with van der Waals surface area (Å²) in [6.07, 6.45) is 3.46. The molecule has 0 spiro atoms. The Kier molecular flexibility index (Phi) is 4.83. The second kappa shape index (κ2) is 6.60. The van der Waals surface area contributed by atoms with Gasteiger partial charge in [-0.3, -0.25) is 4.79 Å². The van der Waals surface area contributed by atoms with Gasteiger partial charge in [0, 0.05) is 18.7 Å². The highest BCUT2D eigenvalue weighted by atomic mass is 16.5. The van der Waals surface area contributed by atoms with Gasteiger partial charge in [0.05, 0.1) is 6.61 Å². The summed E-state index contributed by atoms with van der Waals surface area (Å²) < 4.78 is 5.40. The van der Waals surface area contributed by atoms with Crippen molar-refractivity contribution in [3.05, 3.63) is 29.8 Å². The van der Waals surface area contributed by atoms with E-state index >= 15 is 0 Å². The Morgan fingerprint density at radius 3 is 2.68 bits per heavy atom. The van der Waals surface area contributed by atoms with E-state index in [1.165, 1.54) is 6.42 Å². The molecule has 1 atom stereocenters. The standard InChI is InChI=1S/C16H23NO2/c1-3-19-15-8-6-14(7-9-15)16(18)17-11-4-5-13(2)10-12-17/h6-9,13H,3-5,10-12H2,1-2H3. The van der Waals surface area contributed by atoms with Crippen molar-refractivity contribution in [1.29, 1.82) is 0 Å². The first-order valence-electron chi connectivity index (χ1n) is 7.23. The normalized spacial score (nSPS) is 19.9. The molecule has 0 bridgehead atoms. The number of rotatable bonds is 3. The lowest BCUT2D eigenvalue weighted by atomic mass is 10.0. The highest BCUT2D eigenvalue weighted by Gasteiger charge is 2.19. The molecular weight excluding hydrogens is 238 g/mol. The van der Waals surface area contributed by atoms with Crippen LogP contribution in [0.2, 0.25) is 0 Å². The summed E-state index contributed by atoms with van der Waals surface area (Å²) in [5, 5.41) is 0. The minimum Gasteiger partial charge on any atom is -0.494 e. The molecule has 3 heteroatoms. The van der Waals surface area contributed by atoms with Gasteiger partial charge in [-0.25, -0.2) is 0 Å². The van der Waals surface area contributed by atoms with Crippen molar-refractivity contribution in [2.24, 2.45) is 5.92 Å². The summed E-state index contributed by atoms with van der Waals surface area (Å²) in [6.45, 7) is 6.64. The summed E-state index contributed by atoms with van der Waals surface area (Å²) in [5.74, 6) is 1.71. The summed E-state index contributed by atoms with van der Waals surface area (Å²) in [6, 6.07) is 7.47. The van der Waals surface area contributed by atoms with Crippen LogP contribution in [0.5, 0.6) is 5.75 Å². The van der Waals surface area contributed by atoms with E-state index in [2.05, 4.69) is 6.92 Å². The summed E-state index contributed by atoms with van der Waals surface area (Å²) in [4.78, 5) is 14.4. The first-order chi connectivity index (χ1) is 9.20. The number of carbonyl (C=O) groups excluding carboxylic acids is 1. The number of hydrogen-bond donors (Lipinski definition) is 0. The minimum atomic E-state index is 0.150. The van der Waals surface area contributed by atoms with E-state index in [4.69, 9.17) is 4.74 Å². The maximum absolute atomic E-state index is 12.4. The molecule has 0 radical (unpaired) electrons. The van der Waals surface area contributed by atoms with Crippen molar-refractivity contribution in [2.75, 3.05) is 19.7 Å². The Balaban J connectivity index is 2.02. The predicted molar refractivity (Wildman–Crippen MR) is 76.5 cm³/mol. The lowest BCUT2D eigenvalue weighted by molar-refractivity contribution is 0.0760. The highest BCUT2D eigenvalue weighted by molar-refractivity contribution is 5.94. The van der Waals surface area contributed by atoms with E-state index in [1.54, 1.807) is 0 Å². The number of benzene rings is 1. The van der Waals surface area contributed by atoms with Crippen molar-refractivity contribution in [3.63, 3.8) is 0 Å². The minimum absolute atomic E-state index is 0.150. The van der Waals surface area contributed by atoms with Crippen molar-refractivity contribution >= 4 is 5.91 Å². The molecule has 1 aromatic carbocycles. The van der Waals surface area contributed by atoms with Gasteiger partial charge < -0.3 is 9.64 Å². The Morgan fingerprint density at radius 1 is 1.26 bits per heavy atom. The molecule has 19 heavy (non-hydrogen) atoms. The molecule has 0 saturated carbocycles. The van der Waals surface area contributed by atoms with Gasteiger partial charge in [0.1, 0.15) is 5.75 Å². The van der Waals surface area contributed by atoms with Crippen LogP contribution in [-0.2, 0) is 0 Å². The molecule has 1 saturated heterocycles. The largest absolute Gasteiger partial charge is 0.494 e. The number of ether oxygens (including phenoxy) is 1. The summed E-state index contributed by atoms with van der Waals surface area (Å²) >= 11 is 0. The van der Waals surface area contributed by atoms with Crippen LogP contribution < -0.4 is 4.74 Å². The summed E-state index contributed by atoms with van der Waals surface area (Å²) in [5.41, 5.74) is 0.762. The average Bonchev–Trinajstić information content (AvgIpc) is 2.64. The average molecular weight is 261 g/mol. The molecule has 0 aromatic heterocycles. The molecular formula is C16H23NO2. The second-order valence-corrected chi connectivity index (χ2v) is 5.29. The predicted octanol–water partition coefficient (Wildman–Crippen LogP) is 3.35. The van der Waals surface area contributed by atoms with Gasteiger partial charge in [-0.05, 0) is 56.4 Å². The van der Waals surface area contributed by atoms with Gasteiger partial charge in [-0.15, -0.1) is 0 Å². The van der Waals surface area contributed by atoms with Crippen LogP contribution in [0.1, 0.15) is 43.5 Å². The fraction of sp³-hybridized carbons (Fsp3) is 0.562. The lowest BCUT2D eigenvalue weighted by Crippen LogP contribution is -2.31. The van der Waals surface area contributed by atoms with Crippen molar-refractivity contribution < 1.29 is 9.53 Å².